The first-order valence-electron chi connectivity index (χ1n) is 8.45. The Morgan fingerprint density at radius 1 is 1.50 bits per heavy atom. The number of aryl methyl sites for hydroxylation is 3. The van der Waals surface area contributed by atoms with E-state index >= 15 is 0 Å². The minimum atomic E-state index is -0.142. The Morgan fingerprint density at radius 3 is 2.92 bits per heavy atom. The summed E-state index contributed by atoms with van der Waals surface area (Å²) in [6.07, 6.45) is 1.75. The van der Waals surface area contributed by atoms with Gasteiger partial charge in [-0.25, -0.2) is 0 Å². The lowest BCUT2D eigenvalue weighted by molar-refractivity contribution is 0.0837. The third-order valence-corrected chi connectivity index (χ3v) is 4.83. The topological polar surface area (TPSA) is 84.8 Å². The van der Waals surface area contributed by atoms with Crippen LogP contribution in [-0.2, 0) is 18.2 Å². The molecule has 1 aliphatic rings. The van der Waals surface area contributed by atoms with Crippen LogP contribution < -0.4 is 5.32 Å². The summed E-state index contributed by atoms with van der Waals surface area (Å²) in [4.78, 5) is 12.3. The second kappa shape index (κ2) is 6.76. The van der Waals surface area contributed by atoms with E-state index in [1.54, 1.807) is 6.07 Å². The molecule has 0 aromatic carbocycles. The summed E-state index contributed by atoms with van der Waals surface area (Å²) in [6, 6.07) is 1.80. The van der Waals surface area contributed by atoms with Crippen molar-refractivity contribution in [3.05, 3.63) is 34.4 Å². The van der Waals surface area contributed by atoms with E-state index in [0.29, 0.717) is 18.8 Å². The molecule has 2 aromatic rings. The second-order valence-electron chi connectivity index (χ2n) is 6.39. The third-order valence-electron chi connectivity index (χ3n) is 4.83. The standard InChI is InChI=1S/C17H25N5O2/c1-5-13-8-14(20-19-13)17(23)18-9-12-6-7-24-16(12)15-10(2)21-22(4)11(15)3/h8,12,16H,5-7,9H2,1-4H3,(H,18,23)(H,19,20)/t12-,16+/m1/s1. The number of carbonyl (C=O) groups is 1. The largest absolute Gasteiger partial charge is 0.373 e. The van der Waals surface area contributed by atoms with Crippen molar-refractivity contribution in [3.63, 3.8) is 0 Å². The van der Waals surface area contributed by atoms with Crippen LogP contribution in [0.25, 0.3) is 0 Å². The molecule has 0 aliphatic carbocycles. The highest BCUT2D eigenvalue weighted by atomic mass is 16.5. The quantitative estimate of drug-likeness (QED) is 0.875. The van der Waals surface area contributed by atoms with Gasteiger partial charge in [0.15, 0.2) is 0 Å². The molecule has 1 saturated heterocycles. The Balaban J connectivity index is 1.67. The number of nitrogens with zero attached hydrogens (tertiary/aromatic N) is 3. The molecule has 0 unspecified atom stereocenters. The monoisotopic (exact) mass is 331 g/mol. The number of aromatic amines is 1. The van der Waals surface area contributed by atoms with Gasteiger partial charge in [0.1, 0.15) is 5.69 Å². The summed E-state index contributed by atoms with van der Waals surface area (Å²) in [5, 5.41) is 14.4. The minimum Gasteiger partial charge on any atom is -0.373 e. The summed E-state index contributed by atoms with van der Waals surface area (Å²) in [7, 11) is 1.94. The Morgan fingerprint density at radius 2 is 2.29 bits per heavy atom. The molecule has 2 atom stereocenters. The molecule has 130 valence electrons. The van der Waals surface area contributed by atoms with E-state index < -0.39 is 0 Å². The molecule has 2 N–H and O–H groups in total. The van der Waals surface area contributed by atoms with Gasteiger partial charge in [0.05, 0.1) is 11.8 Å². The number of ether oxygens (including phenoxy) is 1. The number of rotatable bonds is 5. The Bertz CT molecular complexity index is 733. The average Bonchev–Trinajstić information content (AvgIpc) is 3.26. The lowest BCUT2D eigenvalue weighted by Crippen LogP contribution is -2.31. The van der Waals surface area contributed by atoms with Gasteiger partial charge in [-0.3, -0.25) is 14.6 Å². The molecule has 7 heteroatoms. The van der Waals surface area contributed by atoms with Gasteiger partial charge < -0.3 is 10.1 Å². The Hall–Kier alpha value is -2.15. The number of hydrogen-bond acceptors (Lipinski definition) is 4. The molecule has 3 heterocycles. The van der Waals surface area contributed by atoms with Crippen LogP contribution in [0.3, 0.4) is 0 Å². The Kier molecular flexibility index (Phi) is 4.71. The molecule has 0 saturated carbocycles. The summed E-state index contributed by atoms with van der Waals surface area (Å²) in [6.45, 7) is 7.37. The van der Waals surface area contributed by atoms with Crippen molar-refractivity contribution in [3.8, 4) is 0 Å². The maximum absolute atomic E-state index is 12.3. The molecule has 0 bridgehead atoms. The third kappa shape index (κ3) is 3.08. The van der Waals surface area contributed by atoms with E-state index in [0.717, 1.165) is 35.5 Å². The van der Waals surface area contributed by atoms with Gasteiger partial charge in [-0.2, -0.15) is 10.2 Å². The van der Waals surface area contributed by atoms with Crippen LogP contribution in [0, 0.1) is 19.8 Å². The van der Waals surface area contributed by atoms with Gasteiger partial charge in [-0.05, 0) is 32.8 Å². The van der Waals surface area contributed by atoms with Crippen LogP contribution in [0.4, 0.5) is 0 Å². The van der Waals surface area contributed by atoms with Gasteiger partial charge in [-0.15, -0.1) is 0 Å². The first-order chi connectivity index (χ1) is 11.5. The van der Waals surface area contributed by atoms with E-state index in [2.05, 4.69) is 27.5 Å². The summed E-state index contributed by atoms with van der Waals surface area (Å²) in [5.74, 6) is 0.108. The van der Waals surface area contributed by atoms with Gasteiger partial charge in [0, 0.05) is 43.1 Å². The molecular weight excluding hydrogens is 306 g/mol. The van der Waals surface area contributed by atoms with Crippen molar-refractivity contribution in [1.29, 1.82) is 0 Å². The zero-order valence-electron chi connectivity index (χ0n) is 14.7. The van der Waals surface area contributed by atoms with Crippen molar-refractivity contribution in [2.75, 3.05) is 13.2 Å². The molecule has 0 spiro atoms. The molecule has 3 rings (SSSR count). The fourth-order valence-electron chi connectivity index (χ4n) is 3.34. The normalized spacial score (nSPS) is 20.5. The van der Waals surface area contributed by atoms with Crippen molar-refractivity contribution in [2.45, 2.75) is 39.7 Å². The highest BCUT2D eigenvalue weighted by Gasteiger charge is 2.33. The number of carbonyl (C=O) groups excluding carboxylic acids is 1. The molecule has 2 aromatic heterocycles. The minimum absolute atomic E-state index is 0.00983. The Labute approximate surface area is 141 Å². The highest BCUT2D eigenvalue weighted by Crippen LogP contribution is 2.37. The average molecular weight is 331 g/mol. The molecule has 1 fully saturated rings. The predicted octanol–water partition coefficient (Wildman–Crippen LogP) is 1.83. The van der Waals surface area contributed by atoms with E-state index in [-0.39, 0.29) is 17.9 Å². The highest BCUT2D eigenvalue weighted by molar-refractivity contribution is 5.92. The van der Waals surface area contributed by atoms with Crippen LogP contribution >= 0.6 is 0 Å². The number of amides is 1. The van der Waals surface area contributed by atoms with Crippen LogP contribution in [0.2, 0.25) is 0 Å². The second-order valence-corrected chi connectivity index (χ2v) is 6.39. The number of aromatic nitrogens is 4. The lowest BCUT2D eigenvalue weighted by atomic mass is 9.94. The summed E-state index contributed by atoms with van der Waals surface area (Å²) < 4.78 is 7.85. The number of hydrogen-bond donors (Lipinski definition) is 2. The lowest BCUT2D eigenvalue weighted by Gasteiger charge is -2.19. The van der Waals surface area contributed by atoms with E-state index in [9.17, 15) is 4.79 Å². The predicted molar refractivity (Wildman–Crippen MR) is 89.8 cm³/mol. The van der Waals surface area contributed by atoms with Crippen LogP contribution in [0.1, 0.15) is 52.6 Å². The van der Waals surface area contributed by atoms with Gasteiger partial charge >= 0.3 is 0 Å². The zero-order chi connectivity index (χ0) is 17.3. The number of nitrogens with one attached hydrogen (secondary N) is 2. The molecular formula is C17H25N5O2. The maximum atomic E-state index is 12.3. The molecule has 0 radical (unpaired) electrons. The van der Waals surface area contributed by atoms with E-state index in [4.69, 9.17) is 4.74 Å². The first kappa shape index (κ1) is 16.7. The van der Waals surface area contributed by atoms with Gasteiger partial charge in [0.25, 0.3) is 5.91 Å². The fraction of sp³-hybridized carbons (Fsp3) is 0.588. The van der Waals surface area contributed by atoms with Crippen molar-refractivity contribution in [2.24, 2.45) is 13.0 Å². The van der Waals surface area contributed by atoms with Gasteiger partial charge in [-0.1, -0.05) is 6.92 Å². The van der Waals surface area contributed by atoms with Crippen LogP contribution in [-0.4, -0.2) is 39.0 Å². The summed E-state index contributed by atoms with van der Waals surface area (Å²) in [5.41, 5.74) is 4.68. The first-order valence-corrected chi connectivity index (χ1v) is 8.45. The molecule has 7 nitrogen and oxygen atoms in total. The van der Waals surface area contributed by atoms with Crippen LogP contribution in [0.15, 0.2) is 6.07 Å². The molecule has 1 aliphatic heterocycles. The maximum Gasteiger partial charge on any atom is 0.271 e. The van der Waals surface area contributed by atoms with Crippen molar-refractivity contribution < 1.29 is 9.53 Å². The SMILES string of the molecule is CCc1cc(C(=O)NC[C@H]2CCO[C@@H]2c2c(C)nn(C)c2C)n[nH]1. The van der Waals surface area contributed by atoms with Gasteiger partial charge in [0.2, 0.25) is 0 Å². The smallest absolute Gasteiger partial charge is 0.271 e. The van der Waals surface area contributed by atoms with E-state index in [1.807, 2.05) is 25.6 Å². The molecule has 24 heavy (non-hydrogen) atoms. The van der Waals surface area contributed by atoms with Crippen molar-refractivity contribution >= 4 is 5.91 Å². The summed E-state index contributed by atoms with van der Waals surface area (Å²) >= 11 is 0. The van der Waals surface area contributed by atoms with Crippen LogP contribution in [0.5, 0.6) is 0 Å². The zero-order valence-corrected chi connectivity index (χ0v) is 14.7. The van der Waals surface area contributed by atoms with Crippen molar-refractivity contribution in [1.82, 2.24) is 25.3 Å². The fourth-order valence-corrected chi connectivity index (χ4v) is 3.34. The number of H-pyrrole nitrogens is 1. The van der Waals surface area contributed by atoms with E-state index in [1.165, 1.54) is 0 Å². The molecule has 1 amide bonds.